The molecule has 1 aliphatic rings. The molecule has 0 saturated carbocycles. The Kier molecular flexibility index (Phi) is 4.54. The standard InChI is InChI=1S/C14H19N3/c1-13-12-17(10-8-16-13)9-3-2-5-14-6-4-7-15-11-14/h4,6-7,11,13,16H,5,8-10,12H2,1H3. The number of nitrogens with one attached hydrogen (secondary N) is 1. The molecule has 1 atom stereocenters. The minimum absolute atomic E-state index is 0.587. The molecule has 1 aliphatic heterocycles. The molecule has 1 fully saturated rings. The first-order valence-electron chi connectivity index (χ1n) is 6.15. The van der Waals surface area contributed by atoms with Crippen LogP contribution in [0, 0.1) is 11.8 Å². The summed E-state index contributed by atoms with van der Waals surface area (Å²) in [5, 5.41) is 3.43. The minimum Gasteiger partial charge on any atom is -0.312 e. The molecule has 1 aromatic rings. The second-order valence-electron chi connectivity index (χ2n) is 4.48. The van der Waals surface area contributed by atoms with Gasteiger partial charge in [0.1, 0.15) is 0 Å². The van der Waals surface area contributed by atoms with E-state index in [0.29, 0.717) is 6.04 Å². The Morgan fingerprint density at radius 3 is 3.24 bits per heavy atom. The fourth-order valence-corrected chi connectivity index (χ4v) is 1.99. The van der Waals surface area contributed by atoms with Gasteiger partial charge in [0, 0.05) is 44.5 Å². The van der Waals surface area contributed by atoms with E-state index in [9.17, 15) is 0 Å². The predicted octanol–water partition coefficient (Wildman–Crippen LogP) is 0.921. The summed E-state index contributed by atoms with van der Waals surface area (Å²) in [5.74, 6) is 6.46. The number of pyridine rings is 1. The summed E-state index contributed by atoms with van der Waals surface area (Å²) in [6, 6.07) is 4.60. The lowest BCUT2D eigenvalue weighted by atomic mass is 10.2. The quantitative estimate of drug-likeness (QED) is 0.764. The Bertz CT molecular complexity index is 391. The molecule has 0 aliphatic carbocycles. The maximum Gasteiger partial charge on any atom is 0.0602 e. The van der Waals surface area contributed by atoms with Gasteiger partial charge in [-0.15, -0.1) is 0 Å². The molecule has 0 aromatic carbocycles. The van der Waals surface area contributed by atoms with Crippen molar-refractivity contribution in [2.24, 2.45) is 0 Å². The maximum atomic E-state index is 4.08. The van der Waals surface area contributed by atoms with Gasteiger partial charge >= 0.3 is 0 Å². The van der Waals surface area contributed by atoms with Gasteiger partial charge in [-0.1, -0.05) is 17.9 Å². The molecule has 2 heterocycles. The van der Waals surface area contributed by atoms with E-state index in [0.717, 1.165) is 32.6 Å². The molecule has 90 valence electrons. The lowest BCUT2D eigenvalue weighted by Gasteiger charge is -2.30. The topological polar surface area (TPSA) is 28.2 Å². The van der Waals surface area contributed by atoms with Crippen molar-refractivity contribution in [3.05, 3.63) is 30.1 Å². The molecule has 1 N–H and O–H groups in total. The van der Waals surface area contributed by atoms with E-state index in [4.69, 9.17) is 0 Å². The van der Waals surface area contributed by atoms with Crippen LogP contribution in [0.3, 0.4) is 0 Å². The second kappa shape index (κ2) is 6.39. The average Bonchev–Trinajstić information content (AvgIpc) is 2.36. The van der Waals surface area contributed by atoms with Crippen LogP contribution in [0.1, 0.15) is 12.5 Å². The minimum atomic E-state index is 0.587. The summed E-state index contributed by atoms with van der Waals surface area (Å²) in [6.45, 7) is 6.38. The summed E-state index contributed by atoms with van der Waals surface area (Å²) >= 11 is 0. The fourth-order valence-electron chi connectivity index (χ4n) is 1.99. The third kappa shape index (κ3) is 4.18. The van der Waals surface area contributed by atoms with Gasteiger partial charge in [0.25, 0.3) is 0 Å². The van der Waals surface area contributed by atoms with Gasteiger partial charge in [-0.2, -0.15) is 0 Å². The lowest BCUT2D eigenvalue weighted by molar-refractivity contribution is 0.229. The van der Waals surface area contributed by atoms with E-state index >= 15 is 0 Å². The SMILES string of the molecule is CC1CN(CC#CCc2cccnc2)CCN1. The zero-order valence-electron chi connectivity index (χ0n) is 10.3. The molecule has 2 rings (SSSR count). The number of hydrogen-bond acceptors (Lipinski definition) is 3. The maximum absolute atomic E-state index is 4.08. The van der Waals surface area contributed by atoms with Crippen LogP contribution in [0.25, 0.3) is 0 Å². The van der Waals surface area contributed by atoms with Crippen molar-refractivity contribution in [1.82, 2.24) is 15.2 Å². The van der Waals surface area contributed by atoms with Gasteiger partial charge in [0.2, 0.25) is 0 Å². The highest BCUT2D eigenvalue weighted by molar-refractivity contribution is 5.17. The average molecular weight is 229 g/mol. The number of piperazine rings is 1. The van der Waals surface area contributed by atoms with Gasteiger partial charge in [-0.25, -0.2) is 0 Å². The third-order valence-electron chi connectivity index (χ3n) is 2.90. The normalized spacial score (nSPS) is 20.6. The molecule has 17 heavy (non-hydrogen) atoms. The van der Waals surface area contributed by atoms with Crippen molar-refractivity contribution in [3.63, 3.8) is 0 Å². The molecule has 3 nitrogen and oxygen atoms in total. The number of aromatic nitrogens is 1. The first-order valence-corrected chi connectivity index (χ1v) is 6.15. The van der Waals surface area contributed by atoms with E-state index in [1.165, 1.54) is 5.56 Å². The third-order valence-corrected chi connectivity index (χ3v) is 2.90. The van der Waals surface area contributed by atoms with Gasteiger partial charge in [-0.3, -0.25) is 9.88 Å². The van der Waals surface area contributed by atoms with Crippen LogP contribution in [0.4, 0.5) is 0 Å². The van der Waals surface area contributed by atoms with Crippen molar-refractivity contribution in [2.45, 2.75) is 19.4 Å². The molecule has 1 unspecified atom stereocenters. The van der Waals surface area contributed by atoms with Crippen LogP contribution in [-0.2, 0) is 6.42 Å². The molecule has 0 spiro atoms. The number of nitrogens with zero attached hydrogens (tertiary/aromatic N) is 2. The molecule has 1 aromatic heterocycles. The lowest BCUT2D eigenvalue weighted by Crippen LogP contribution is -2.49. The Morgan fingerprint density at radius 2 is 2.47 bits per heavy atom. The van der Waals surface area contributed by atoms with Gasteiger partial charge in [-0.05, 0) is 18.6 Å². The molecule has 0 bridgehead atoms. The summed E-state index contributed by atoms with van der Waals surface area (Å²) in [6.07, 6.45) is 4.47. The molecule has 0 amide bonds. The number of rotatable bonds is 2. The largest absolute Gasteiger partial charge is 0.312 e. The fraction of sp³-hybridized carbons (Fsp3) is 0.500. The molecule has 1 saturated heterocycles. The second-order valence-corrected chi connectivity index (χ2v) is 4.48. The molecule has 0 radical (unpaired) electrons. The molecular formula is C14H19N3. The Balaban J connectivity index is 1.75. The van der Waals surface area contributed by atoms with E-state index in [1.807, 2.05) is 12.3 Å². The van der Waals surface area contributed by atoms with Gasteiger partial charge < -0.3 is 5.32 Å². The van der Waals surface area contributed by atoms with Crippen LogP contribution < -0.4 is 5.32 Å². The van der Waals surface area contributed by atoms with Crippen LogP contribution in [0.2, 0.25) is 0 Å². The van der Waals surface area contributed by atoms with Crippen LogP contribution >= 0.6 is 0 Å². The van der Waals surface area contributed by atoms with E-state index in [1.54, 1.807) is 6.20 Å². The first kappa shape index (κ1) is 12.1. The van der Waals surface area contributed by atoms with Crippen molar-refractivity contribution >= 4 is 0 Å². The highest BCUT2D eigenvalue weighted by Crippen LogP contribution is 1.98. The highest BCUT2D eigenvalue weighted by Gasteiger charge is 2.13. The van der Waals surface area contributed by atoms with E-state index in [2.05, 4.69) is 40.0 Å². The summed E-state index contributed by atoms with van der Waals surface area (Å²) in [7, 11) is 0. The predicted molar refractivity (Wildman–Crippen MR) is 69.6 cm³/mol. The summed E-state index contributed by atoms with van der Waals surface area (Å²) in [4.78, 5) is 6.48. The highest BCUT2D eigenvalue weighted by atomic mass is 15.2. The smallest absolute Gasteiger partial charge is 0.0602 e. The van der Waals surface area contributed by atoms with Crippen molar-refractivity contribution in [2.75, 3.05) is 26.2 Å². The van der Waals surface area contributed by atoms with Crippen LogP contribution in [0.15, 0.2) is 24.5 Å². The monoisotopic (exact) mass is 229 g/mol. The molecule has 3 heteroatoms. The zero-order valence-corrected chi connectivity index (χ0v) is 10.3. The van der Waals surface area contributed by atoms with Crippen LogP contribution in [0.5, 0.6) is 0 Å². The Hall–Kier alpha value is -1.37. The van der Waals surface area contributed by atoms with E-state index < -0.39 is 0 Å². The van der Waals surface area contributed by atoms with Crippen molar-refractivity contribution in [3.8, 4) is 11.8 Å². The molecular weight excluding hydrogens is 210 g/mol. The Morgan fingerprint density at radius 1 is 1.53 bits per heavy atom. The van der Waals surface area contributed by atoms with Crippen molar-refractivity contribution < 1.29 is 0 Å². The van der Waals surface area contributed by atoms with Gasteiger partial charge in [0.15, 0.2) is 0 Å². The van der Waals surface area contributed by atoms with E-state index in [-0.39, 0.29) is 0 Å². The van der Waals surface area contributed by atoms with Crippen LogP contribution in [-0.4, -0.2) is 42.1 Å². The van der Waals surface area contributed by atoms with Gasteiger partial charge in [0.05, 0.1) is 6.54 Å². The Labute approximate surface area is 103 Å². The first-order chi connectivity index (χ1) is 8.34. The zero-order chi connectivity index (χ0) is 11.9. The summed E-state index contributed by atoms with van der Waals surface area (Å²) in [5.41, 5.74) is 1.19. The summed E-state index contributed by atoms with van der Waals surface area (Å²) < 4.78 is 0. The van der Waals surface area contributed by atoms with Crippen molar-refractivity contribution in [1.29, 1.82) is 0 Å². The number of hydrogen-bond donors (Lipinski definition) is 1.